The molecule has 1 saturated heterocycles. The quantitative estimate of drug-likeness (QED) is 0.740. The molecule has 28 heavy (non-hydrogen) atoms. The van der Waals surface area contributed by atoms with Gasteiger partial charge in [0.15, 0.2) is 0 Å². The van der Waals surface area contributed by atoms with Crippen molar-refractivity contribution < 1.29 is 5.11 Å². The van der Waals surface area contributed by atoms with Crippen molar-refractivity contribution in [2.75, 3.05) is 13.1 Å². The number of fused-ring (bicyclic) bond motifs is 1. The van der Waals surface area contributed by atoms with Crippen LogP contribution >= 0.6 is 0 Å². The lowest BCUT2D eigenvalue weighted by molar-refractivity contribution is 0.0298. The van der Waals surface area contributed by atoms with E-state index in [-0.39, 0.29) is 6.04 Å². The van der Waals surface area contributed by atoms with E-state index in [9.17, 15) is 5.11 Å². The Bertz CT molecular complexity index is 937. The summed E-state index contributed by atoms with van der Waals surface area (Å²) in [6.07, 6.45) is 8.84. The lowest BCUT2D eigenvalue weighted by Crippen LogP contribution is -2.36. The van der Waals surface area contributed by atoms with Crippen LogP contribution in [0.1, 0.15) is 24.7 Å². The molecule has 146 valence electrons. The van der Waals surface area contributed by atoms with Crippen molar-refractivity contribution in [3.05, 3.63) is 48.8 Å². The third-order valence-electron chi connectivity index (χ3n) is 6.25. The monoisotopic (exact) mass is 379 g/mol. The average molecular weight is 379 g/mol. The summed E-state index contributed by atoms with van der Waals surface area (Å²) in [4.78, 5) is 11.3. The Labute approximate surface area is 163 Å². The van der Waals surface area contributed by atoms with Crippen molar-refractivity contribution in [3.8, 4) is 11.4 Å². The number of nitrogens with zero attached hydrogens (tertiary/aromatic N) is 7. The third kappa shape index (κ3) is 3.22. The van der Waals surface area contributed by atoms with Crippen molar-refractivity contribution in [1.82, 2.24) is 34.4 Å². The predicted octanol–water partition coefficient (Wildman–Crippen LogP) is 1.52. The molecule has 3 aromatic heterocycles. The zero-order valence-electron chi connectivity index (χ0n) is 16.0. The summed E-state index contributed by atoms with van der Waals surface area (Å²) in [5.74, 6) is 2.19. The van der Waals surface area contributed by atoms with Crippen molar-refractivity contribution in [1.29, 1.82) is 0 Å². The molecule has 0 bridgehead atoms. The first-order chi connectivity index (χ1) is 13.7. The van der Waals surface area contributed by atoms with Crippen LogP contribution in [-0.2, 0) is 13.6 Å². The van der Waals surface area contributed by atoms with Gasteiger partial charge in [-0.15, -0.1) is 5.10 Å². The second-order valence-electron chi connectivity index (χ2n) is 8.07. The van der Waals surface area contributed by atoms with E-state index < -0.39 is 6.10 Å². The fourth-order valence-electron chi connectivity index (χ4n) is 4.74. The Morgan fingerprint density at radius 3 is 2.68 bits per heavy atom. The summed E-state index contributed by atoms with van der Waals surface area (Å²) >= 11 is 0. The van der Waals surface area contributed by atoms with Crippen LogP contribution in [0.4, 0.5) is 0 Å². The molecule has 0 radical (unpaired) electrons. The van der Waals surface area contributed by atoms with Gasteiger partial charge in [-0.3, -0.25) is 9.88 Å². The summed E-state index contributed by atoms with van der Waals surface area (Å²) in [6, 6.07) is 5.72. The van der Waals surface area contributed by atoms with Crippen LogP contribution in [0.5, 0.6) is 0 Å². The smallest absolute Gasteiger partial charge is 0.131 e. The summed E-state index contributed by atoms with van der Waals surface area (Å²) in [5, 5.41) is 19.4. The number of imidazole rings is 1. The predicted molar refractivity (Wildman–Crippen MR) is 103 cm³/mol. The summed E-state index contributed by atoms with van der Waals surface area (Å²) in [7, 11) is 2.04. The van der Waals surface area contributed by atoms with Gasteiger partial charge in [-0.2, -0.15) is 0 Å². The first-order valence-corrected chi connectivity index (χ1v) is 9.87. The number of aryl methyl sites for hydroxylation is 1. The van der Waals surface area contributed by atoms with E-state index in [1.165, 1.54) is 0 Å². The number of hydrogen-bond acceptors (Lipinski definition) is 6. The molecule has 8 heteroatoms. The highest BCUT2D eigenvalue weighted by molar-refractivity contribution is 5.51. The van der Waals surface area contributed by atoms with Gasteiger partial charge in [-0.25, -0.2) is 9.67 Å². The van der Waals surface area contributed by atoms with Crippen LogP contribution < -0.4 is 0 Å². The van der Waals surface area contributed by atoms with Crippen molar-refractivity contribution in [2.24, 2.45) is 18.9 Å². The van der Waals surface area contributed by atoms with E-state index in [0.29, 0.717) is 11.8 Å². The van der Waals surface area contributed by atoms with Crippen LogP contribution in [0.3, 0.4) is 0 Å². The third-order valence-corrected chi connectivity index (χ3v) is 6.25. The number of aliphatic hydroxyl groups is 1. The largest absolute Gasteiger partial charge is 0.391 e. The van der Waals surface area contributed by atoms with Crippen molar-refractivity contribution in [3.63, 3.8) is 0 Å². The second kappa shape index (κ2) is 7.10. The summed E-state index contributed by atoms with van der Waals surface area (Å²) < 4.78 is 3.92. The molecule has 0 aromatic carbocycles. The van der Waals surface area contributed by atoms with Crippen LogP contribution in [0.25, 0.3) is 11.4 Å². The molecule has 1 aliphatic carbocycles. The molecule has 8 nitrogen and oxygen atoms in total. The van der Waals surface area contributed by atoms with Crippen LogP contribution in [-0.4, -0.2) is 58.7 Å². The molecule has 2 fully saturated rings. The molecule has 0 unspecified atom stereocenters. The minimum absolute atomic E-state index is 0.0284. The average Bonchev–Trinajstić information content (AvgIpc) is 3.42. The van der Waals surface area contributed by atoms with Crippen molar-refractivity contribution >= 4 is 0 Å². The molecular formula is C20H25N7O. The zero-order chi connectivity index (χ0) is 19.1. The highest BCUT2D eigenvalue weighted by Crippen LogP contribution is 2.41. The maximum Gasteiger partial charge on any atom is 0.131 e. The van der Waals surface area contributed by atoms with Gasteiger partial charge in [0, 0.05) is 38.7 Å². The first kappa shape index (κ1) is 17.5. The zero-order valence-corrected chi connectivity index (χ0v) is 16.0. The second-order valence-corrected chi connectivity index (χ2v) is 8.07. The van der Waals surface area contributed by atoms with E-state index in [0.717, 1.165) is 49.7 Å². The molecular weight excluding hydrogens is 354 g/mol. The Balaban J connectivity index is 1.29. The molecule has 1 saturated carbocycles. The van der Waals surface area contributed by atoms with E-state index in [1.54, 1.807) is 6.20 Å². The highest BCUT2D eigenvalue weighted by Gasteiger charge is 2.42. The van der Waals surface area contributed by atoms with Gasteiger partial charge >= 0.3 is 0 Å². The number of pyridine rings is 1. The van der Waals surface area contributed by atoms with Crippen LogP contribution in [0.15, 0.2) is 43.0 Å². The number of aromatic nitrogens is 6. The first-order valence-electron chi connectivity index (χ1n) is 9.87. The molecule has 0 spiro atoms. The lowest BCUT2D eigenvalue weighted by Gasteiger charge is -2.35. The van der Waals surface area contributed by atoms with Crippen molar-refractivity contribution in [2.45, 2.75) is 31.5 Å². The maximum absolute atomic E-state index is 10.8. The minimum atomic E-state index is -0.396. The molecule has 1 aliphatic heterocycles. The Morgan fingerprint density at radius 2 is 1.93 bits per heavy atom. The van der Waals surface area contributed by atoms with Crippen LogP contribution in [0.2, 0.25) is 0 Å². The fourth-order valence-corrected chi connectivity index (χ4v) is 4.74. The van der Waals surface area contributed by atoms with Gasteiger partial charge in [0.05, 0.1) is 30.6 Å². The normalized spacial score (nSPS) is 27.8. The van der Waals surface area contributed by atoms with E-state index in [2.05, 4.69) is 29.7 Å². The molecule has 4 atom stereocenters. The SMILES string of the molecule is Cn1ccnc1CN1C[C@H]2C[C@@H](n3cc(-c4ccccn4)nn3)[C@H](O)C[C@H]2C1. The molecule has 5 rings (SSSR count). The Hall–Kier alpha value is -2.58. The minimum Gasteiger partial charge on any atom is -0.391 e. The highest BCUT2D eigenvalue weighted by atomic mass is 16.3. The molecule has 1 N–H and O–H groups in total. The summed E-state index contributed by atoms with van der Waals surface area (Å²) in [6.45, 7) is 2.94. The van der Waals surface area contributed by atoms with Gasteiger partial charge in [0.1, 0.15) is 11.5 Å². The molecule has 4 heterocycles. The summed E-state index contributed by atoms with van der Waals surface area (Å²) in [5.41, 5.74) is 1.55. The van der Waals surface area contributed by atoms with Gasteiger partial charge in [-0.1, -0.05) is 11.3 Å². The fraction of sp³-hybridized carbons (Fsp3) is 0.500. The number of aliphatic hydroxyl groups excluding tert-OH is 1. The Morgan fingerprint density at radius 1 is 1.07 bits per heavy atom. The van der Waals surface area contributed by atoms with E-state index in [4.69, 9.17) is 0 Å². The topological polar surface area (TPSA) is 84.9 Å². The molecule has 3 aromatic rings. The van der Waals surface area contributed by atoms with Crippen LogP contribution in [0, 0.1) is 11.8 Å². The lowest BCUT2D eigenvalue weighted by atomic mass is 9.77. The number of hydrogen-bond donors (Lipinski definition) is 1. The van der Waals surface area contributed by atoms with Gasteiger partial charge in [0.25, 0.3) is 0 Å². The van der Waals surface area contributed by atoms with Gasteiger partial charge in [0.2, 0.25) is 0 Å². The van der Waals surface area contributed by atoms with E-state index in [1.807, 2.05) is 48.5 Å². The molecule has 0 amide bonds. The standard InChI is InChI=1S/C20H25N7O/c1-25-7-6-22-20(25)13-26-10-14-8-18(19(28)9-15(14)11-26)27-12-17(23-24-27)16-4-2-3-5-21-16/h2-7,12,14-15,18-19,28H,8-11,13H2,1H3/t14-,15+,18-,19-/m1/s1. The molecule has 2 aliphatic rings. The van der Waals surface area contributed by atoms with E-state index >= 15 is 0 Å². The maximum atomic E-state index is 10.8. The van der Waals surface area contributed by atoms with Gasteiger partial charge in [-0.05, 0) is 36.8 Å². The number of rotatable bonds is 4. The number of likely N-dealkylation sites (tertiary alicyclic amines) is 1. The van der Waals surface area contributed by atoms with Gasteiger partial charge < -0.3 is 9.67 Å². The Kier molecular flexibility index (Phi) is 4.44.